The van der Waals surface area contributed by atoms with Crippen LogP contribution >= 0.6 is 0 Å². The second kappa shape index (κ2) is 9.26. The molecule has 0 saturated carbocycles. The fourth-order valence-corrected chi connectivity index (χ4v) is 3.71. The first-order chi connectivity index (χ1) is 15.8. The largest absolute Gasteiger partial charge is 0.390 e. The van der Waals surface area contributed by atoms with Gasteiger partial charge >= 0.3 is 0 Å². The molecule has 1 amide bonds. The van der Waals surface area contributed by atoms with E-state index in [1.807, 2.05) is 0 Å². The van der Waals surface area contributed by atoms with Crippen LogP contribution in [0.5, 0.6) is 0 Å². The van der Waals surface area contributed by atoms with Gasteiger partial charge < -0.3 is 20.3 Å². The van der Waals surface area contributed by atoms with Crippen LogP contribution in [0, 0.1) is 17.5 Å². The van der Waals surface area contributed by atoms with Crippen molar-refractivity contribution in [1.82, 2.24) is 9.97 Å². The summed E-state index contributed by atoms with van der Waals surface area (Å²) in [4.78, 5) is 20.7. The number of hydrogen-bond donors (Lipinski definition) is 3. The van der Waals surface area contributed by atoms with Crippen molar-refractivity contribution in [3.8, 4) is 11.3 Å². The predicted molar refractivity (Wildman–Crippen MR) is 112 cm³/mol. The highest BCUT2D eigenvalue weighted by molar-refractivity contribution is 6.03. The van der Waals surface area contributed by atoms with Gasteiger partial charge in [-0.05, 0) is 37.3 Å². The lowest BCUT2D eigenvalue weighted by molar-refractivity contribution is -0.163. The molecule has 33 heavy (non-hydrogen) atoms. The van der Waals surface area contributed by atoms with Gasteiger partial charge in [0.1, 0.15) is 34.9 Å². The third-order valence-corrected chi connectivity index (χ3v) is 5.44. The van der Waals surface area contributed by atoms with Crippen LogP contribution in [-0.2, 0) is 4.74 Å². The van der Waals surface area contributed by atoms with Gasteiger partial charge in [-0.1, -0.05) is 6.07 Å². The van der Waals surface area contributed by atoms with E-state index in [2.05, 4.69) is 15.3 Å². The van der Waals surface area contributed by atoms with E-state index < -0.39 is 59.0 Å². The Labute approximate surface area is 186 Å². The summed E-state index contributed by atoms with van der Waals surface area (Å²) in [6, 6.07) is 6.64. The molecule has 1 aliphatic rings. The number of nitrogens with zero attached hydrogens (tertiary/aromatic N) is 2. The monoisotopic (exact) mass is 459 g/mol. The van der Waals surface area contributed by atoms with Gasteiger partial charge in [0.05, 0.1) is 35.8 Å². The number of nitrogens with one attached hydrogen (secondary N) is 1. The summed E-state index contributed by atoms with van der Waals surface area (Å²) in [5.41, 5.74) is -0.848. The van der Waals surface area contributed by atoms with E-state index >= 15 is 0 Å². The number of aliphatic hydroxyl groups excluding tert-OH is 2. The van der Waals surface area contributed by atoms with Gasteiger partial charge in [0.15, 0.2) is 0 Å². The molecule has 3 N–H and O–H groups in total. The van der Waals surface area contributed by atoms with Crippen LogP contribution in [0.4, 0.5) is 18.9 Å². The first-order valence-corrected chi connectivity index (χ1v) is 10.1. The Morgan fingerprint density at radius 3 is 2.52 bits per heavy atom. The van der Waals surface area contributed by atoms with Crippen molar-refractivity contribution in [2.24, 2.45) is 0 Å². The highest BCUT2D eigenvalue weighted by Gasteiger charge is 2.35. The number of aromatic nitrogens is 2. The lowest BCUT2D eigenvalue weighted by atomic mass is 9.94. The number of rotatable bonds is 4. The molecule has 1 saturated heterocycles. The first-order valence-electron chi connectivity index (χ1n) is 10.1. The zero-order chi connectivity index (χ0) is 23.7. The number of halogens is 3. The number of aliphatic hydroxyl groups is 2. The van der Waals surface area contributed by atoms with Gasteiger partial charge in [-0.25, -0.2) is 18.2 Å². The molecule has 4 rings (SSSR count). The van der Waals surface area contributed by atoms with Crippen molar-refractivity contribution in [3.05, 3.63) is 77.5 Å². The zero-order valence-electron chi connectivity index (χ0n) is 17.4. The Kier molecular flexibility index (Phi) is 6.41. The van der Waals surface area contributed by atoms with Crippen LogP contribution in [0.15, 0.2) is 48.8 Å². The van der Waals surface area contributed by atoms with Crippen molar-refractivity contribution in [1.29, 1.82) is 0 Å². The van der Waals surface area contributed by atoms with E-state index in [1.165, 1.54) is 12.4 Å². The molecule has 1 fully saturated rings. The Bertz CT molecular complexity index is 1160. The molecule has 3 heterocycles. The quantitative estimate of drug-likeness (QED) is 0.553. The minimum Gasteiger partial charge on any atom is -0.390 e. The molecule has 2 aromatic heterocycles. The molecular formula is C23H20F3N3O4. The van der Waals surface area contributed by atoms with Crippen molar-refractivity contribution < 1.29 is 32.9 Å². The number of hydrogen-bond acceptors (Lipinski definition) is 6. The average Bonchev–Trinajstić information content (AvgIpc) is 2.78. The van der Waals surface area contributed by atoms with Crippen molar-refractivity contribution >= 4 is 11.6 Å². The summed E-state index contributed by atoms with van der Waals surface area (Å²) in [7, 11) is 0. The van der Waals surface area contributed by atoms with Gasteiger partial charge in [0.2, 0.25) is 0 Å². The number of benzene rings is 1. The molecule has 10 heteroatoms. The minimum atomic E-state index is -1.04. The van der Waals surface area contributed by atoms with Crippen LogP contribution < -0.4 is 5.32 Å². The number of carbonyl (C=O) groups excluding carboxylic acids is 1. The van der Waals surface area contributed by atoms with Gasteiger partial charge in [0, 0.05) is 18.2 Å². The lowest BCUT2D eigenvalue weighted by Crippen LogP contribution is -2.44. The van der Waals surface area contributed by atoms with E-state index in [0.717, 1.165) is 30.3 Å². The van der Waals surface area contributed by atoms with E-state index in [4.69, 9.17) is 4.74 Å². The maximum Gasteiger partial charge on any atom is 0.274 e. The molecule has 0 spiro atoms. The predicted octanol–water partition coefficient (Wildman–Crippen LogP) is 3.38. The molecule has 0 radical (unpaired) electrons. The lowest BCUT2D eigenvalue weighted by Gasteiger charge is -2.36. The molecule has 0 aliphatic carbocycles. The number of amides is 1. The number of anilines is 1. The molecule has 0 bridgehead atoms. The number of carbonyl (C=O) groups is 1. The van der Waals surface area contributed by atoms with E-state index in [1.54, 1.807) is 13.0 Å². The molecule has 1 aromatic carbocycles. The Morgan fingerprint density at radius 2 is 1.82 bits per heavy atom. The highest BCUT2D eigenvalue weighted by atomic mass is 19.1. The third-order valence-electron chi connectivity index (χ3n) is 5.44. The fraction of sp³-hybridized carbons (Fsp3) is 0.261. The molecular weight excluding hydrogens is 439 g/mol. The molecule has 4 atom stereocenters. The van der Waals surface area contributed by atoms with E-state index in [0.29, 0.717) is 5.56 Å². The van der Waals surface area contributed by atoms with Crippen LogP contribution in [0.2, 0.25) is 0 Å². The Morgan fingerprint density at radius 1 is 1.09 bits per heavy atom. The van der Waals surface area contributed by atoms with Crippen LogP contribution in [0.25, 0.3) is 11.3 Å². The molecule has 172 valence electrons. The van der Waals surface area contributed by atoms with E-state index in [-0.39, 0.29) is 17.8 Å². The minimum absolute atomic E-state index is 0.0872. The second-order valence-electron chi connectivity index (χ2n) is 7.66. The average molecular weight is 459 g/mol. The van der Waals surface area contributed by atoms with Crippen LogP contribution in [0.1, 0.15) is 35.5 Å². The topological polar surface area (TPSA) is 105 Å². The van der Waals surface area contributed by atoms with Crippen LogP contribution in [-0.4, -0.2) is 44.4 Å². The summed E-state index contributed by atoms with van der Waals surface area (Å²) in [6.45, 7) is 1.62. The third kappa shape index (κ3) is 4.58. The van der Waals surface area contributed by atoms with Gasteiger partial charge in [-0.15, -0.1) is 0 Å². The normalized spacial score (nSPS) is 22.7. The molecule has 3 aromatic rings. The first kappa shape index (κ1) is 22.8. The van der Waals surface area contributed by atoms with Crippen molar-refractivity contribution in [2.45, 2.75) is 37.8 Å². The van der Waals surface area contributed by atoms with Gasteiger partial charge in [0.25, 0.3) is 5.91 Å². The summed E-state index contributed by atoms with van der Waals surface area (Å²) >= 11 is 0. The van der Waals surface area contributed by atoms with Gasteiger partial charge in [-0.2, -0.15) is 0 Å². The highest BCUT2D eigenvalue weighted by Crippen LogP contribution is 2.35. The SMILES string of the molecule is C[C@H]1O[C@@H](c2ccncc2NC(=O)c2ccc(F)c(-c3c(F)cccc3F)n2)C[C@H](O)[C@@H]1O. The zero-order valence-corrected chi connectivity index (χ0v) is 17.4. The fourth-order valence-electron chi connectivity index (χ4n) is 3.71. The van der Waals surface area contributed by atoms with E-state index in [9.17, 15) is 28.2 Å². The van der Waals surface area contributed by atoms with Crippen molar-refractivity contribution in [2.75, 3.05) is 5.32 Å². The Balaban J connectivity index is 1.63. The summed E-state index contributed by atoms with van der Waals surface area (Å²) in [6.07, 6.45) is -0.419. The van der Waals surface area contributed by atoms with Crippen LogP contribution in [0.3, 0.4) is 0 Å². The maximum atomic E-state index is 14.3. The van der Waals surface area contributed by atoms with Crippen molar-refractivity contribution in [3.63, 3.8) is 0 Å². The maximum absolute atomic E-state index is 14.3. The molecule has 1 aliphatic heterocycles. The molecule has 7 nitrogen and oxygen atoms in total. The van der Waals surface area contributed by atoms with Gasteiger partial charge in [-0.3, -0.25) is 9.78 Å². The number of ether oxygens (including phenoxy) is 1. The molecule has 0 unspecified atom stereocenters. The second-order valence-corrected chi connectivity index (χ2v) is 7.66. The summed E-state index contributed by atoms with van der Waals surface area (Å²) < 4.78 is 48.4. The summed E-state index contributed by atoms with van der Waals surface area (Å²) in [5.74, 6) is -3.79. The standard InChI is InChI=1S/C23H20F3N3O4/c1-11-22(31)18(30)9-19(33-11)12-7-8-27-10-17(12)29-23(32)16-6-5-15(26)21(28-16)20-13(24)3-2-4-14(20)25/h2-8,10-11,18-19,22,30-31H,9H2,1H3,(H,29,32)/t11-,18+,19-,22-/m1/s1. The number of pyridine rings is 2. The smallest absolute Gasteiger partial charge is 0.274 e. The summed E-state index contributed by atoms with van der Waals surface area (Å²) in [5, 5.41) is 22.6. The Hall–Kier alpha value is -3.34.